The third-order valence-electron chi connectivity index (χ3n) is 3.59. The van der Waals surface area contributed by atoms with Crippen LogP contribution in [0.25, 0.3) is 0 Å². The summed E-state index contributed by atoms with van der Waals surface area (Å²) in [6.07, 6.45) is 1.08. The van der Waals surface area contributed by atoms with E-state index in [1.54, 1.807) is 48.5 Å². The van der Waals surface area contributed by atoms with Crippen molar-refractivity contribution in [2.24, 2.45) is 0 Å². The normalized spacial score (nSPS) is 11.3. The van der Waals surface area contributed by atoms with Gasteiger partial charge in [0, 0.05) is 11.6 Å². The zero-order chi connectivity index (χ0) is 20.0. The number of rotatable bonds is 8. The number of benzene rings is 2. The molecule has 0 aliphatic carbocycles. The summed E-state index contributed by atoms with van der Waals surface area (Å²) in [5.74, 6) is 0.229. The molecule has 0 atom stereocenters. The fourth-order valence-electron chi connectivity index (χ4n) is 2.35. The highest BCUT2D eigenvalue weighted by Gasteiger charge is 2.20. The van der Waals surface area contributed by atoms with E-state index in [-0.39, 0.29) is 19.2 Å². The first-order valence-corrected chi connectivity index (χ1v) is 10.6. The number of amides is 1. The fraction of sp³-hybridized carbons (Fsp3) is 0.316. The lowest BCUT2D eigenvalue weighted by Crippen LogP contribution is -2.40. The number of ether oxygens (including phenoxy) is 1. The quantitative estimate of drug-likeness (QED) is 0.725. The van der Waals surface area contributed by atoms with Gasteiger partial charge in [-0.1, -0.05) is 23.7 Å². The summed E-state index contributed by atoms with van der Waals surface area (Å²) in [4.78, 5) is 12.3. The van der Waals surface area contributed by atoms with E-state index in [2.05, 4.69) is 5.32 Å². The Morgan fingerprint density at radius 1 is 1.11 bits per heavy atom. The van der Waals surface area contributed by atoms with Crippen LogP contribution < -0.4 is 14.4 Å². The van der Waals surface area contributed by atoms with Crippen molar-refractivity contribution in [2.75, 3.05) is 17.1 Å². The Hall–Kier alpha value is -2.25. The van der Waals surface area contributed by atoms with Crippen LogP contribution in [0, 0.1) is 0 Å². The van der Waals surface area contributed by atoms with E-state index in [0.29, 0.717) is 16.5 Å². The molecule has 0 saturated heterocycles. The van der Waals surface area contributed by atoms with E-state index in [4.69, 9.17) is 16.3 Å². The summed E-state index contributed by atoms with van der Waals surface area (Å²) in [6, 6.07) is 13.6. The molecule has 0 unspecified atom stereocenters. The third-order valence-corrected chi connectivity index (χ3v) is 4.98. The van der Waals surface area contributed by atoms with Crippen LogP contribution in [0.4, 0.5) is 5.69 Å². The van der Waals surface area contributed by atoms with Gasteiger partial charge in [0.1, 0.15) is 12.3 Å². The van der Waals surface area contributed by atoms with Gasteiger partial charge in [-0.2, -0.15) is 0 Å². The van der Waals surface area contributed by atoms with Crippen LogP contribution >= 0.6 is 11.6 Å². The molecule has 27 heavy (non-hydrogen) atoms. The minimum absolute atomic E-state index is 0.0144. The molecule has 0 radical (unpaired) electrons. The van der Waals surface area contributed by atoms with E-state index >= 15 is 0 Å². The maximum Gasteiger partial charge on any atom is 0.241 e. The number of nitrogens with zero attached hydrogens (tertiary/aromatic N) is 1. The highest BCUT2D eigenvalue weighted by molar-refractivity contribution is 7.92. The van der Waals surface area contributed by atoms with E-state index in [1.807, 2.05) is 13.8 Å². The smallest absolute Gasteiger partial charge is 0.241 e. The first-order valence-electron chi connectivity index (χ1n) is 8.41. The lowest BCUT2D eigenvalue weighted by atomic mass is 10.2. The predicted molar refractivity (Wildman–Crippen MR) is 108 cm³/mol. The standard InChI is InChI=1S/C19H23ClN2O4S/c1-14(2)26-18-10-8-17(9-11-18)22(27(3,24)25)13-19(23)21-12-15-4-6-16(20)7-5-15/h4-11,14H,12-13H2,1-3H3,(H,21,23). The average molecular weight is 411 g/mol. The van der Waals surface area contributed by atoms with Gasteiger partial charge in [-0.3, -0.25) is 9.10 Å². The SMILES string of the molecule is CC(C)Oc1ccc(N(CC(=O)NCc2ccc(Cl)cc2)S(C)(=O)=O)cc1. The minimum Gasteiger partial charge on any atom is -0.491 e. The van der Waals surface area contributed by atoms with Gasteiger partial charge in [-0.15, -0.1) is 0 Å². The Kier molecular flexibility index (Phi) is 7.10. The number of hydrogen-bond acceptors (Lipinski definition) is 4. The molecule has 0 aliphatic rings. The molecule has 2 aromatic rings. The first kappa shape index (κ1) is 21.1. The number of halogens is 1. The summed E-state index contributed by atoms with van der Waals surface area (Å²) in [7, 11) is -3.62. The number of hydrogen-bond donors (Lipinski definition) is 1. The first-order chi connectivity index (χ1) is 12.6. The zero-order valence-corrected chi connectivity index (χ0v) is 17.0. The van der Waals surface area contributed by atoms with E-state index in [1.165, 1.54) is 0 Å². The molecule has 6 nitrogen and oxygen atoms in total. The van der Waals surface area contributed by atoms with Crippen LogP contribution in [0.1, 0.15) is 19.4 Å². The molecule has 0 heterocycles. The molecule has 8 heteroatoms. The van der Waals surface area contributed by atoms with Crippen molar-refractivity contribution in [2.45, 2.75) is 26.5 Å². The van der Waals surface area contributed by atoms with Gasteiger partial charge >= 0.3 is 0 Å². The molecule has 0 bridgehead atoms. The maximum absolute atomic E-state index is 12.3. The van der Waals surface area contributed by atoms with Gasteiger partial charge in [0.05, 0.1) is 18.0 Å². The number of nitrogens with one attached hydrogen (secondary N) is 1. The molecule has 1 N–H and O–H groups in total. The van der Waals surface area contributed by atoms with Gasteiger partial charge in [0.2, 0.25) is 15.9 Å². The second-order valence-corrected chi connectivity index (χ2v) is 8.68. The van der Waals surface area contributed by atoms with Crippen molar-refractivity contribution >= 4 is 33.2 Å². The summed E-state index contributed by atoms with van der Waals surface area (Å²) < 4.78 is 30.9. The predicted octanol–water partition coefficient (Wildman–Crippen LogP) is 3.21. The van der Waals surface area contributed by atoms with Gasteiger partial charge in [-0.05, 0) is 55.8 Å². The second-order valence-electron chi connectivity index (χ2n) is 6.33. The van der Waals surface area contributed by atoms with Crippen molar-refractivity contribution in [1.82, 2.24) is 5.32 Å². The maximum atomic E-state index is 12.3. The van der Waals surface area contributed by atoms with Crippen LogP contribution in [-0.4, -0.2) is 33.2 Å². The molecule has 0 fully saturated rings. The molecule has 0 aliphatic heterocycles. The number of carbonyl (C=O) groups excluding carboxylic acids is 1. The molecule has 2 aromatic carbocycles. The van der Waals surface area contributed by atoms with Gasteiger partial charge in [0.15, 0.2) is 0 Å². The van der Waals surface area contributed by atoms with Crippen LogP contribution in [0.5, 0.6) is 5.75 Å². The summed E-state index contributed by atoms with van der Waals surface area (Å²) in [5.41, 5.74) is 1.27. The average Bonchev–Trinajstić information content (AvgIpc) is 2.58. The Morgan fingerprint density at radius 2 is 1.70 bits per heavy atom. The zero-order valence-electron chi connectivity index (χ0n) is 15.5. The Labute approximate surface area is 165 Å². The van der Waals surface area contributed by atoms with Crippen LogP contribution in [0.3, 0.4) is 0 Å². The summed E-state index contributed by atoms with van der Waals surface area (Å²) in [6.45, 7) is 3.79. The van der Waals surface area contributed by atoms with Gasteiger partial charge < -0.3 is 10.1 Å². The molecule has 0 aromatic heterocycles. The van der Waals surface area contributed by atoms with Crippen LogP contribution in [0.2, 0.25) is 5.02 Å². The fourth-order valence-corrected chi connectivity index (χ4v) is 3.33. The Morgan fingerprint density at radius 3 is 2.22 bits per heavy atom. The summed E-state index contributed by atoms with van der Waals surface area (Å²) in [5, 5.41) is 3.32. The number of anilines is 1. The van der Waals surface area contributed by atoms with E-state index in [0.717, 1.165) is 16.1 Å². The van der Waals surface area contributed by atoms with Crippen molar-refractivity contribution in [3.63, 3.8) is 0 Å². The molecule has 146 valence electrons. The van der Waals surface area contributed by atoms with Crippen molar-refractivity contribution in [1.29, 1.82) is 0 Å². The van der Waals surface area contributed by atoms with Crippen molar-refractivity contribution < 1.29 is 17.9 Å². The topological polar surface area (TPSA) is 75.7 Å². The second kappa shape index (κ2) is 9.10. The van der Waals surface area contributed by atoms with Crippen LogP contribution in [-0.2, 0) is 21.4 Å². The Balaban J connectivity index is 2.05. The highest BCUT2D eigenvalue weighted by Crippen LogP contribution is 2.22. The monoisotopic (exact) mass is 410 g/mol. The van der Waals surface area contributed by atoms with Gasteiger partial charge in [-0.25, -0.2) is 8.42 Å². The largest absolute Gasteiger partial charge is 0.491 e. The van der Waals surface area contributed by atoms with Gasteiger partial charge in [0.25, 0.3) is 0 Å². The minimum atomic E-state index is -3.62. The van der Waals surface area contributed by atoms with E-state index < -0.39 is 15.9 Å². The molecular formula is C19H23ClN2O4S. The highest BCUT2D eigenvalue weighted by atomic mass is 35.5. The molecular weight excluding hydrogens is 388 g/mol. The molecule has 1 amide bonds. The lowest BCUT2D eigenvalue weighted by Gasteiger charge is -2.22. The van der Waals surface area contributed by atoms with Crippen molar-refractivity contribution in [3.05, 3.63) is 59.1 Å². The Bertz CT molecular complexity index is 866. The third kappa shape index (κ3) is 6.77. The van der Waals surface area contributed by atoms with Crippen molar-refractivity contribution in [3.8, 4) is 5.75 Å². The lowest BCUT2D eigenvalue weighted by molar-refractivity contribution is -0.119. The summed E-state index contributed by atoms with van der Waals surface area (Å²) >= 11 is 5.83. The van der Waals surface area contributed by atoms with Crippen LogP contribution in [0.15, 0.2) is 48.5 Å². The molecule has 2 rings (SSSR count). The molecule has 0 spiro atoms. The molecule has 0 saturated carbocycles. The number of carbonyl (C=O) groups is 1. The van der Waals surface area contributed by atoms with E-state index in [9.17, 15) is 13.2 Å². The number of sulfonamides is 1.